The number of hydrogen-bond donors (Lipinski definition) is 1. The van der Waals surface area contributed by atoms with Crippen LogP contribution < -0.4 is 0 Å². The Hall–Kier alpha value is -1.68. The molecule has 23 heavy (non-hydrogen) atoms. The van der Waals surface area contributed by atoms with Gasteiger partial charge in [0.25, 0.3) is 0 Å². The molecular weight excluding hydrogens is 292 g/mol. The number of hydrogen-bond acceptors (Lipinski definition) is 4. The van der Waals surface area contributed by atoms with Gasteiger partial charge in [0.05, 0.1) is 18.6 Å². The van der Waals surface area contributed by atoms with E-state index in [0.717, 1.165) is 16.7 Å². The molecule has 4 heteroatoms. The van der Waals surface area contributed by atoms with Gasteiger partial charge in [-0.25, -0.2) is 0 Å². The van der Waals surface area contributed by atoms with E-state index >= 15 is 0 Å². The molecule has 1 N–H and O–H groups in total. The number of aliphatic hydroxyl groups is 1. The van der Waals surface area contributed by atoms with Gasteiger partial charge in [0.15, 0.2) is 0 Å². The first-order chi connectivity index (χ1) is 10.7. The van der Waals surface area contributed by atoms with Gasteiger partial charge in [-0.1, -0.05) is 23.8 Å². The summed E-state index contributed by atoms with van der Waals surface area (Å²) < 4.78 is 4.96. The van der Waals surface area contributed by atoms with E-state index in [0.29, 0.717) is 25.7 Å². The molecule has 0 radical (unpaired) electrons. The van der Waals surface area contributed by atoms with Crippen LogP contribution in [0.4, 0.5) is 0 Å². The van der Waals surface area contributed by atoms with Crippen molar-refractivity contribution in [3.05, 3.63) is 34.9 Å². The van der Waals surface area contributed by atoms with E-state index in [-0.39, 0.29) is 11.8 Å². The predicted octanol–water partition coefficient (Wildman–Crippen LogP) is 3.51. The second kappa shape index (κ2) is 8.25. The Bertz CT molecular complexity index is 554. The van der Waals surface area contributed by atoms with Gasteiger partial charge in [-0.05, 0) is 58.1 Å². The van der Waals surface area contributed by atoms with Crippen LogP contribution in [0.15, 0.2) is 34.9 Å². The van der Waals surface area contributed by atoms with Gasteiger partial charge in [0, 0.05) is 6.42 Å². The molecule has 1 rings (SSSR count). The number of aliphatic hydroxyl groups excluding tert-OH is 1. The number of methoxy groups -OCH3 is 1. The molecule has 128 valence electrons. The lowest BCUT2D eigenvalue weighted by Gasteiger charge is -2.36. The highest BCUT2D eigenvalue weighted by Crippen LogP contribution is 2.42. The fraction of sp³-hybridized carbons (Fsp3) is 0.579. The fourth-order valence-corrected chi connectivity index (χ4v) is 2.93. The van der Waals surface area contributed by atoms with Gasteiger partial charge in [-0.3, -0.25) is 4.79 Å². The molecule has 0 aromatic carbocycles. The molecule has 0 aliphatic heterocycles. The number of allylic oxidation sites excluding steroid dienone is 4. The minimum atomic E-state index is -0.728. The number of ether oxygens (including phenoxy) is 1. The molecule has 0 aromatic heterocycles. The van der Waals surface area contributed by atoms with Gasteiger partial charge >= 0.3 is 5.97 Å². The molecule has 1 aliphatic rings. The number of carbonyl (C=O) groups excluding carboxylic acids is 2. The Balaban J connectivity index is 3.04. The minimum absolute atomic E-state index is 0.172. The number of ketones is 1. The third kappa shape index (κ3) is 4.90. The molecule has 0 bridgehead atoms. The van der Waals surface area contributed by atoms with Gasteiger partial charge in [-0.2, -0.15) is 0 Å². The molecule has 4 nitrogen and oxygen atoms in total. The molecule has 0 heterocycles. The highest BCUT2D eigenvalue weighted by Gasteiger charge is 2.42. The average Bonchev–Trinajstić information content (AvgIpc) is 2.50. The largest absolute Gasteiger partial charge is 0.468 e. The van der Waals surface area contributed by atoms with Crippen molar-refractivity contribution < 1.29 is 19.4 Å². The van der Waals surface area contributed by atoms with Crippen LogP contribution in [-0.2, 0) is 14.3 Å². The Morgan fingerprint density at radius 2 is 2.04 bits per heavy atom. The lowest BCUT2D eigenvalue weighted by molar-refractivity contribution is -0.150. The van der Waals surface area contributed by atoms with Crippen molar-refractivity contribution in [3.8, 4) is 0 Å². The Labute approximate surface area is 138 Å². The molecule has 0 saturated carbocycles. The molecule has 0 fully saturated rings. The van der Waals surface area contributed by atoms with Gasteiger partial charge < -0.3 is 14.6 Å². The molecule has 2 unspecified atom stereocenters. The fourth-order valence-electron chi connectivity index (χ4n) is 2.93. The van der Waals surface area contributed by atoms with Gasteiger partial charge in [-0.15, -0.1) is 0 Å². The summed E-state index contributed by atoms with van der Waals surface area (Å²) in [6.07, 6.45) is 7.67. The summed E-state index contributed by atoms with van der Waals surface area (Å²) in [4.78, 5) is 23.2. The predicted molar refractivity (Wildman–Crippen MR) is 90.9 cm³/mol. The number of esters is 1. The Morgan fingerprint density at radius 3 is 2.61 bits per heavy atom. The number of Topliss-reactive ketones (excluding diaryl/α,β-unsaturated/α-hetero) is 1. The van der Waals surface area contributed by atoms with E-state index < -0.39 is 11.5 Å². The third-order valence-corrected chi connectivity index (χ3v) is 4.55. The van der Waals surface area contributed by atoms with Crippen LogP contribution in [0.5, 0.6) is 0 Å². The Kier molecular flexibility index (Phi) is 6.95. The van der Waals surface area contributed by atoms with Crippen molar-refractivity contribution in [2.45, 2.75) is 59.5 Å². The lowest BCUT2D eigenvalue weighted by atomic mass is 9.70. The molecule has 0 saturated heterocycles. The topological polar surface area (TPSA) is 63.6 Å². The van der Waals surface area contributed by atoms with Crippen molar-refractivity contribution in [2.24, 2.45) is 5.41 Å². The maximum atomic E-state index is 12.2. The van der Waals surface area contributed by atoms with E-state index in [4.69, 9.17) is 4.74 Å². The van der Waals surface area contributed by atoms with Crippen molar-refractivity contribution >= 4 is 11.8 Å². The monoisotopic (exact) mass is 320 g/mol. The highest BCUT2D eigenvalue weighted by molar-refractivity contribution is 5.82. The maximum Gasteiger partial charge on any atom is 0.315 e. The summed E-state index contributed by atoms with van der Waals surface area (Å²) in [5.41, 5.74) is 1.94. The first-order valence-corrected chi connectivity index (χ1v) is 8.04. The molecule has 0 amide bonds. The SMILES string of the molecule is COC(=O)C1(C)CCC(O)C(C)=C1C=CC(C)=CCCC(C)=O. The van der Waals surface area contributed by atoms with E-state index in [1.54, 1.807) is 6.92 Å². The van der Waals surface area contributed by atoms with E-state index in [9.17, 15) is 14.7 Å². The summed E-state index contributed by atoms with van der Waals surface area (Å²) in [6.45, 7) is 7.27. The van der Waals surface area contributed by atoms with E-state index in [1.165, 1.54) is 7.11 Å². The van der Waals surface area contributed by atoms with Crippen LogP contribution in [-0.4, -0.2) is 30.1 Å². The standard InChI is InChI=1S/C19H28O4/c1-13(7-6-8-14(2)20)9-10-16-15(3)17(21)11-12-19(16,4)18(22)23-5/h7,9-10,17,21H,6,8,11-12H2,1-5H3. The first kappa shape index (κ1) is 19.4. The van der Waals surface area contributed by atoms with Crippen molar-refractivity contribution in [1.82, 2.24) is 0 Å². The highest BCUT2D eigenvalue weighted by atomic mass is 16.5. The molecular formula is C19H28O4. The van der Waals surface area contributed by atoms with Crippen LogP contribution in [0.2, 0.25) is 0 Å². The van der Waals surface area contributed by atoms with Crippen LogP contribution in [0.1, 0.15) is 53.4 Å². The zero-order chi connectivity index (χ0) is 17.6. The summed E-state index contributed by atoms with van der Waals surface area (Å²) in [5, 5.41) is 10.1. The summed E-state index contributed by atoms with van der Waals surface area (Å²) >= 11 is 0. The summed E-state index contributed by atoms with van der Waals surface area (Å²) in [6, 6.07) is 0. The quantitative estimate of drug-likeness (QED) is 0.601. The van der Waals surface area contributed by atoms with Crippen molar-refractivity contribution in [3.63, 3.8) is 0 Å². The maximum absolute atomic E-state index is 12.2. The van der Waals surface area contributed by atoms with Crippen molar-refractivity contribution in [2.75, 3.05) is 7.11 Å². The minimum Gasteiger partial charge on any atom is -0.468 e. The van der Waals surface area contributed by atoms with Crippen LogP contribution in [0, 0.1) is 5.41 Å². The van der Waals surface area contributed by atoms with Gasteiger partial charge in [0.2, 0.25) is 0 Å². The Morgan fingerprint density at radius 1 is 1.39 bits per heavy atom. The van der Waals surface area contributed by atoms with Gasteiger partial charge in [0.1, 0.15) is 5.78 Å². The normalized spacial score (nSPS) is 25.8. The zero-order valence-electron chi connectivity index (χ0n) is 14.8. The summed E-state index contributed by atoms with van der Waals surface area (Å²) in [7, 11) is 1.39. The summed E-state index contributed by atoms with van der Waals surface area (Å²) in [5.74, 6) is -0.105. The zero-order valence-corrected chi connectivity index (χ0v) is 14.8. The average molecular weight is 320 g/mol. The van der Waals surface area contributed by atoms with Crippen LogP contribution >= 0.6 is 0 Å². The lowest BCUT2D eigenvalue weighted by Crippen LogP contribution is -2.37. The van der Waals surface area contributed by atoms with Crippen molar-refractivity contribution in [1.29, 1.82) is 0 Å². The van der Waals surface area contributed by atoms with E-state index in [2.05, 4.69) is 0 Å². The van der Waals surface area contributed by atoms with Crippen LogP contribution in [0.3, 0.4) is 0 Å². The first-order valence-electron chi connectivity index (χ1n) is 8.04. The molecule has 1 aliphatic carbocycles. The second-order valence-corrected chi connectivity index (χ2v) is 6.50. The number of carbonyl (C=O) groups is 2. The smallest absolute Gasteiger partial charge is 0.315 e. The third-order valence-electron chi connectivity index (χ3n) is 4.55. The van der Waals surface area contributed by atoms with Crippen LogP contribution in [0.25, 0.3) is 0 Å². The van der Waals surface area contributed by atoms with E-state index in [1.807, 2.05) is 39.0 Å². The molecule has 2 atom stereocenters. The molecule has 0 spiro atoms. The second-order valence-electron chi connectivity index (χ2n) is 6.50. The molecule has 0 aromatic rings. The number of rotatable bonds is 6.